The first-order valence-electron chi connectivity index (χ1n) is 5.70. The lowest BCUT2D eigenvalue weighted by atomic mass is 9.88. The van der Waals surface area contributed by atoms with Gasteiger partial charge in [0.2, 0.25) is 5.91 Å². The van der Waals surface area contributed by atoms with Crippen LogP contribution in [0.15, 0.2) is 0 Å². The highest BCUT2D eigenvalue weighted by molar-refractivity contribution is 5.78. The molecule has 3 nitrogen and oxygen atoms in total. The van der Waals surface area contributed by atoms with Gasteiger partial charge in [-0.2, -0.15) is 0 Å². The predicted molar refractivity (Wildman–Crippen MR) is 57.9 cm³/mol. The van der Waals surface area contributed by atoms with Gasteiger partial charge in [-0.1, -0.05) is 19.3 Å². The fraction of sp³-hybridized carbons (Fsp3) is 0.909. The standard InChI is InChI=1S/C11H22N2O/c1-13(9-5-8-12)11(14)10-6-3-2-4-7-10/h10H,2-9,12H2,1H3. The van der Waals surface area contributed by atoms with Crippen molar-refractivity contribution in [2.45, 2.75) is 38.5 Å². The van der Waals surface area contributed by atoms with Gasteiger partial charge in [0.1, 0.15) is 0 Å². The molecule has 1 saturated carbocycles. The molecule has 0 spiro atoms. The van der Waals surface area contributed by atoms with Crippen LogP contribution in [0.25, 0.3) is 0 Å². The topological polar surface area (TPSA) is 46.3 Å². The second kappa shape index (κ2) is 6.02. The summed E-state index contributed by atoms with van der Waals surface area (Å²) in [6.45, 7) is 1.48. The Morgan fingerprint density at radius 3 is 2.57 bits per heavy atom. The monoisotopic (exact) mass is 198 g/mol. The SMILES string of the molecule is CN(CCCN)C(=O)C1CCCCC1. The van der Waals surface area contributed by atoms with Crippen LogP contribution in [0.2, 0.25) is 0 Å². The zero-order valence-electron chi connectivity index (χ0n) is 9.17. The lowest BCUT2D eigenvalue weighted by Gasteiger charge is -2.26. The average molecular weight is 198 g/mol. The highest BCUT2D eigenvalue weighted by atomic mass is 16.2. The Balaban J connectivity index is 2.30. The number of carbonyl (C=O) groups excluding carboxylic acids is 1. The number of nitrogens with two attached hydrogens (primary N) is 1. The summed E-state index contributed by atoms with van der Waals surface area (Å²) in [5.74, 6) is 0.629. The molecule has 3 heteroatoms. The summed E-state index contributed by atoms with van der Waals surface area (Å²) in [5.41, 5.74) is 5.42. The van der Waals surface area contributed by atoms with Crippen molar-refractivity contribution in [3.05, 3.63) is 0 Å². The van der Waals surface area contributed by atoms with E-state index in [1.807, 2.05) is 11.9 Å². The highest BCUT2D eigenvalue weighted by Crippen LogP contribution is 2.24. The van der Waals surface area contributed by atoms with Crippen molar-refractivity contribution in [1.29, 1.82) is 0 Å². The molecule has 1 aliphatic carbocycles. The van der Waals surface area contributed by atoms with E-state index in [0.29, 0.717) is 18.4 Å². The van der Waals surface area contributed by atoms with E-state index in [0.717, 1.165) is 25.8 Å². The molecule has 1 aliphatic rings. The van der Waals surface area contributed by atoms with Crippen LogP contribution in [-0.4, -0.2) is 30.9 Å². The molecule has 0 bridgehead atoms. The number of amides is 1. The molecule has 0 aromatic carbocycles. The van der Waals surface area contributed by atoms with E-state index in [4.69, 9.17) is 5.73 Å². The van der Waals surface area contributed by atoms with Crippen LogP contribution >= 0.6 is 0 Å². The summed E-state index contributed by atoms with van der Waals surface area (Å²) in [5, 5.41) is 0. The average Bonchev–Trinajstić information content (AvgIpc) is 2.26. The van der Waals surface area contributed by atoms with Gasteiger partial charge in [-0.15, -0.1) is 0 Å². The van der Waals surface area contributed by atoms with Crippen LogP contribution in [0, 0.1) is 5.92 Å². The summed E-state index contributed by atoms with van der Waals surface area (Å²) in [4.78, 5) is 13.7. The molecule has 1 rings (SSSR count). The number of hydrogen-bond acceptors (Lipinski definition) is 2. The van der Waals surface area contributed by atoms with Crippen LogP contribution in [-0.2, 0) is 4.79 Å². The third-order valence-corrected chi connectivity index (χ3v) is 3.03. The Labute approximate surface area is 86.6 Å². The largest absolute Gasteiger partial charge is 0.345 e. The maximum absolute atomic E-state index is 11.9. The smallest absolute Gasteiger partial charge is 0.225 e. The van der Waals surface area contributed by atoms with Gasteiger partial charge in [-0.3, -0.25) is 4.79 Å². The molecule has 0 aromatic rings. The minimum Gasteiger partial charge on any atom is -0.345 e. The molecular formula is C11H22N2O. The molecule has 0 atom stereocenters. The Hall–Kier alpha value is -0.570. The van der Waals surface area contributed by atoms with Crippen LogP contribution < -0.4 is 5.73 Å². The minimum atomic E-state index is 0.298. The van der Waals surface area contributed by atoms with Crippen molar-refractivity contribution >= 4 is 5.91 Å². The van der Waals surface area contributed by atoms with E-state index < -0.39 is 0 Å². The fourth-order valence-electron chi connectivity index (χ4n) is 2.10. The van der Waals surface area contributed by atoms with E-state index in [9.17, 15) is 4.79 Å². The molecule has 1 fully saturated rings. The molecule has 1 amide bonds. The zero-order valence-corrected chi connectivity index (χ0v) is 9.17. The summed E-state index contributed by atoms with van der Waals surface area (Å²) >= 11 is 0. The molecule has 14 heavy (non-hydrogen) atoms. The van der Waals surface area contributed by atoms with Gasteiger partial charge in [0.15, 0.2) is 0 Å². The second-order valence-electron chi connectivity index (χ2n) is 4.24. The summed E-state index contributed by atoms with van der Waals surface area (Å²) < 4.78 is 0. The summed E-state index contributed by atoms with van der Waals surface area (Å²) in [7, 11) is 1.90. The fourth-order valence-corrected chi connectivity index (χ4v) is 2.10. The van der Waals surface area contributed by atoms with Crippen molar-refractivity contribution in [2.24, 2.45) is 11.7 Å². The maximum atomic E-state index is 11.9. The van der Waals surface area contributed by atoms with Gasteiger partial charge in [0.05, 0.1) is 0 Å². The van der Waals surface area contributed by atoms with Crippen molar-refractivity contribution in [3.8, 4) is 0 Å². The minimum absolute atomic E-state index is 0.298. The number of nitrogens with zero attached hydrogens (tertiary/aromatic N) is 1. The van der Waals surface area contributed by atoms with Crippen LogP contribution in [0.1, 0.15) is 38.5 Å². The normalized spacial score (nSPS) is 18.1. The number of rotatable bonds is 4. The van der Waals surface area contributed by atoms with Crippen molar-refractivity contribution < 1.29 is 4.79 Å². The first-order chi connectivity index (χ1) is 6.75. The molecule has 0 heterocycles. The Morgan fingerprint density at radius 2 is 2.00 bits per heavy atom. The Kier molecular flexibility index (Phi) is 4.94. The molecule has 82 valence electrons. The van der Waals surface area contributed by atoms with Crippen molar-refractivity contribution in [1.82, 2.24) is 4.90 Å². The van der Waals surface area contributed by atoms with E-state index in [1.165, 1.54) is 19.3 Å². The Morgan fingerprint density at radius 1 is 1.36 bits per heavy atom. The molecule has 0 unspecified atom stereocenters. The van der Waals surface area contributed by atoms with Gasteiger partial charge in [-0.05, 0) is 25.8 Å². The van der Waals surface area contributed by atoms with Gasteiger partial charge in [0.25, 0.3) is 0 Å². The summed E-state index contributed by atoms with van der Waals surface area (Å²) in [6, 6.07) is 0. The van der Waals surface area contributed by atoms with E-state index in [-0.39, 0.29) is 0 Å². The first-order valence-corrected chi connectivity index (χ1v) is 5.70. The van der Waals surface area contributed by atoms with Crippen LogP contribution in [0.5, 0.6) is 0 Å². The number of hydrogen-bond donors (Lipinski definition) is 1. The van der Waals surface area contributed by atoms with E-state index >= 15 is 0 Å². The second-order valence-corrected chi connectivity index (χ2v) is 4.24. The van der Waals surface area contributed by atoms with Gasteiger partial charge in [0, 0.05) is 19.5 Å². The maximum Gasteiger partial charge on any atom is 0.225 e. The van der Waals surface area contributed by atoms with E-state index in [2.05, 4.69) is 0 Å². The molecule has 2 N–H and O–H groups in total. The molecule has 0 radical (unpaired) electrons. The van der Waals surface area contributed by atoms with Gasteiger partial charge >= 0.3 is 0 Å². The summed E-state index contributed by atoms with van der Waals surface area (Å²) in [6.07, 6.45) is 6.84. The third kappa shape index (κ3) is 3.29. The Bertz CT molecular complexity index is 176. The lowest BCUT2D eigenvalue weighted by Crippen LogP contribution is -2.35. The predicted octanol–water partition coefficient (Wildman–Crippen LogP) is 1.37. The van der Waals surface area contributed by atoms with Crippen molar-refractivity contribution in [2.75, 3.05) is 20.1 Å². The third-order valence-electron chi connectivity index (χ3n) is 3.03. The van der Waals surface area contributed by atoms with Crippen LogP contribution in [0.3, 0.4) is 0 Å². The molecular weight excluding hydrogens is 176 g/mol. The molecule has 0 aliphatic heterocycles. The quantitative estimate of drug-likeness (QED) is 0.741. The van der Waals surface area contributed by atoms with E-state index in [1.54, 1.807) is 0 Å². The molecule has 0 aromatic heterocycles. The zero-order chi connectivity index (χ0) is 10.4. The first kappa shape index (κ1) is 11.5. The van der Waals surface area contributed by atoms with Gasteiger partial charge < -0.3 is 10.6 Å². The van der Waals surface area contributed by atoms with Gasteiger partial charge in [-0.25, -0.2) is 0 Å². The molecule has 0 saturated heterocycles. The number of carbonyl (C=O) groups is 1. The van der Waals surface area contributed by atoms with Crippen LogP contribution in [0.4, 0.5) is 0 Å². The van der Waals surface area contributed by atoms with Crippen molar-refractivity contribution in [3.63, 3.8) is 0 Å². The lowest BCUT2D eigenvalue weighted by molar-refractivity contribution is -0.135. The highest BCUT2D eigenvalue weighted by Gasteiger charge is 2.23.